The zero-order valence-electron chi connectivity index (χ0n) is 20.5. The molecule has 0 spiro atoms. The molecule has 10 heteroatoms. The van der Waals surface area contributed by atoms with Crippen LogP contribution >= 0.6 is 0 Å². The molecule has 36 heavy (non-hydrogen) atoms. The van der Waals surface area contributed by atoms with Crippen LogP contribution in [0.4, 0.5) is 0 Å². The highest BCUT2D eigenvalue weighted by Gasteiger charge is 2.64. The first-order valence-electron chi connectivity index (χ1n) is 11.6. The molecule has 4 unspecified atom stereocenters. The summed E-state index contributed by atoms with van der Waals surface area (Å²) in [5, 5.41) is 44.8. The number of benzene rings is 1. The molecule has 0 saturated heterocycles. The van der Waals surface area contributed by atoms with Crippen molar-refractivity contribution in [1.29, 1.82) is 0 Å². The van der Waals surface area contributed by atoms with E-state index in [1.165, 1.54) is 4.90 Å². The second-order valence-electron chi connectivity index (χ2n) is 10.1. The molecule has 4 rings (SSSR count). The van der Waals surface area contributed by atoms with Crippen molar-refractivity contribution < 1.29 is 34.8 Å². The van der Waals surface area contributed by atoms with Crippen LogP contribution in [-0.4, -0.2) is 87.0 Å². The number of carbonyl (C=O) groups is 3. The number of Topliss-reactive ketones (excluding diaryl/α,β-unsaturated/α-hetero) is 2. The lowest BCUT2D eigenvalue weighted by atomic mass is 9.57. The number of nitrogens with zero attached hydrogens (tertiary/aromatic N) is 2. The smallest absolute Gasteiger partial charge is 0.255 e. The summed E-state index contributed by atoms with van der Waals surface area (Å²) >= 11 is 0. The van der Waals surface area contributed by atoms with Crippen LogP contribution in [-0.2, 0) is 27.3 Å². The summed E-state index contributed by atoms with van der Waals surface area (Å²) in [5.74, 6) is -6.48. The normalized spacial score (nSPS) is 27.8. The number of ketones is 2. The van der Waals surface area contributed by atoms with E-state index in [-0.39, 0.29) is 29.7 Å². The molecule has 6 N–H and O–H groups in total. The van der Waals surface area contributed by atoms with Crippen molar-refractivity contribution in [2.75, 3.05) is 27.7 Å². The summed E-state index contributed by atoms with van der Waals surface area (Å²) in [6, 6.07) is 2.44. The number of primary amides is 1. The van der Waals surface area contributed by atoms with Gasteiger partial charge in [0.15, 0.2) is 11.4 Å². The number of aliphatic hydroxyl groups is 3. The van der Waals surface area contributed by atoms with Crippen molar-refractivity contribution in [3.63, 3.8) is 0 Å². The third-order valence-corrected chi connectivity index (χ3v) is 7.56. The number of aromatic hydroxyl groups is 1. The van der Waals surface area contributed by atoms with Crippen LogP contribution in [0.2, 0.25) is 0 Å². The highest BCUT2D eigenvalue weighted by atomic mass is 16.3. The molecular weight excluding hydrogens is 466 g/mol. The Balaban J connectivity index is 1.88. The van der Waals surface area contributed by atoms with Crippen molar-refractivity contribution >= 4 is 23.2 Å². The average molecular weight is 498 g/mol. The van der Waals surface area contributed by atoms with Gasteiger partial charge in [-0.2, -0.15) is 0 Å². The number of aliphatic hydroxyl groups excluding tert-OH is 2. The number of hydrogen-bond donors (Lipinski definition) is 5. The number of hydrogen-bond acceptors (Lipinski definition) is 9. The zero-order chi connectivity index (χ0) is 26.7. The first kappa shape index (κ1) is 25.6. The van der Waals surface area contributed by atoms with E-state index in [1.54, 1.807) is 32.3 Å². The van der Waals surface area contributed by atoms with Gasteiger partial charge in [0.2, 0.25) is 5.78 Å². The van der Waals surface area contributed by atoms with Crippen molar-refractivity contribution in [3.8, 4) is 5.75 Å². The van der Waals surface area contributed by atoms with Crippen LogP contribution in [0.25, 0.3) is 5.76 Å². The van der Waals surface area contributed by atoms with E-state index in [2.05, 4.69) is 6.58 Å². The molecule has 0 radical (unpaired) electrons. The van der Waals surface area contributed by atoms with Crippen molar-refractivity contribution in [3.05, 3.63) is 58.4 Å². The molecule has 3 aliphatic rings. The summed E-state index contributed by atoms with van der Waals surface area (Å²) in [7, 11) is 4.97. The van der Waals surface area contributed by atoms with Gasteiger partial charge in [0, 0.05) is 30.1 Å². The lowest BCUT2D eigenvalue weighted by Gasteiger charge is -2.50. The van der Waals surface area contributed by atoms with Crippen LogP contribution < -0.4 is 5.73 Å². The lowest BCUT2D eigenvalue weighted by molar-refractivity contribution is -0.153. The predicted molar refractivity (Wildman–Crippen MR) is 131 cm³/mol. The molecule has 1 fully saturated rings. The molecule has 1 amide bonds. The summed E-state index contributed by atoms with van der Waals surface area (Å²) in [5.41, 5.74) is 2.95. The van der Waals surface area contributed by atoms with Gasteiger partial charge in [0.05, 0.1) is 11.6 Å². The molecule has 192 valence electrons. The van der Waals surface area contributed by atoms with Gasteiger partial charge >= 0.3 is 0 Å². The number of amides is 1. The standard InChI is InChI=1S/C26H31N3O7/c1-5-8-29(4)11-13-7-6-12-9-14-10-15-19(28(2)3)22(32)18(25(27)35)24(34)26(15,36)23(33)17(14)21(31)16(12)20(13)30/h5-7,14-15,19,30-31,34,36H,1,8-11H2,2-4H3,(H2,27,35). The zero-order valence-corrected chi connectivity index (χ0v) is 20.5. The van der Waals surface area contributed by atoms with Gasteiger partial charge in [-0.3, -0.25) is 24.2 Å². The van der Waals surface area contributed by atoms with Crippen molar-refractivity contribution in [2.24, 2.45) is 17.6 Å². The highest BCUT2D eigenvalue weighted by Crippen LogP contribution is 2.52. The minimum absolute atomic E-state index is 0.0658. The first-order chi connectivity index (χ1) is 16.9. The lowest BCUT2D eigenvalue weighted by Crippen LogP contribution is -2.65. The van der Waals surface area contributed by atoms with Gasteiger partial charge in [-0.15, -0.1) is 6.58 Å². The van der Waals surface area contributed by atoms with Gasteiger partial charge < -0.3 is 26.2 Å². The minimum Gasteiger partial charge on any atom is -0.508 e. The number of likely N-dealkylation sites (N-methyl/N-ethyl adjacent to an activating group) is 2. The molecule has 0 heterocycles. The molecule has 10 nitrogen and oxygen atoms in total. The maximum absolute atomic E-state index is 13.8. The molecule has 3 aliphatic carbocycles. The maximum Gasteiger partial charge on any atom is 0.255 e. The first-order valence-corrected chi connectivity index (χ1v) is 11.6. The Bertz CT molecular complexity index is 1250. The Hall–Kier alpha value is -3.47. The van der Waals surface area contributed by atoms with Crippen LogP contribution in [0.15, 0.2) is 41.7 Å². The van der Waals surface area contributed by atoms with Crippen LogP contribution in [0.1, 0.15) is 23.1 Å². The van der Waals surface area contributed by atoms with E-state index >= 15 is 0 Å². The number of fused-ring (bicyclic) bond motifs is 3. The Morgan fingerprint density at radius 2 is 1.89 bits per heavy atom. The summed E-state index contributed by atoms with van der Waals surface area (Å²) in [6.07, 6.45) is 2.05. The third kappa shape index (κ3) is 3.56. The van der Waals surface area contributed by atoms with E-state index in [1.807, 2.05) is 11.9 Å². The number of phenolic OH excluding ortho intramolecular Hbond substituents is 1. The Morgan fingerprint density at radius 3 is 2.47 bits per heavy atom. The van der Waals surface area contributed by atoms with E-state index in [9.17, 15) is 34.8 Å². The molecule has 1 aromatic rings. The number of nitrogens with two attached hydrogens (primary N) is 1. The average Bonchev–Trinajstić information content (AvgIpc) is 2.78. The van der Waals surface area contributed by atoms with Crippen LogP contribution in [0.5, 0.6) is 5.75 Å². The highest BCUT2D eigenvalue weighted by molar-refractivity contribution is 6.24. The van der Waals surface area contributed by atoms with Gasteiger partial charge in [0.1, 0.15) is 22.8 Å². The maximum atomic E-state index is 13.8. The van der Waals surface area contributed by atoms with E-state index in [4.69, 9.17) is 5.73 Å². The van der Waals surface area contributed by atoms with E-state index in [0.29, 0.717) is 24.2 Å². The van der Waals surface area contributed by atoms with Gasteiger partial charge in [-0.05, 0) is 45.5 Å². The molecule has 1 saturated carbocycles. The van der Waals surface area contributed by atoms with E-state index in [0.717, 1.165) is 0 Å². The molecule has 0 aromatic heterocycles. The number of phenols is 1. The predicted octanol–water partition coefficient (Wildman–Crippen LogP) is 0.582. The largest absolute Gasteiger partial charge is 0.508 e. The monoisotopic (exact) mass is 497 g/mol. The van der Waals surface area contributed by atoms with Crippen molar-refractivity contribution in [2.45, 2.75) is 31.0 Å². The fourth-order valence-corrected chi connectivity index (χ4v) is 5.97. The minimum atomic E-state index is -2.64. The third-order valence-electron chi connectivity index (χ3n) is 7.56. The number of carbonyl (C=O) groups excluding carboxylic acids is 3. The van der Waals surface area contributed by atoms with Gasteiger partial charge in [0.25, 0.3) is 5.91 Å². The van der Waals surface area contributed by atoms with Crippen LogP contribution in [0, 0.1) is 11.8 Å². The quantitative estimate of drug-likeness (QED) is 0.279. The van der Waals surface area contributed by atoms with E-state index < -0.39 is 58.0 Å². The Labute approximate surface area is 208 Å². The summed E-state index contributed by atoms with van der Waals surface area (Å²) < 4.78 is 0. The van der Waals surface area contributed by atoms with Gasteiger partial charge in [-0.1, -0.05) is 18.2 Å². The second kappa shape index (κ2) is 8.88. The molecule has 1 aromatic carbocycles. The van der Waals surface area contributed by atoms with Crippen molar-refractivity contribution in [1.82, 2.24) is 9.80 Å². The van der Waals surface area contributed by atoms with Crippen LogP contribution in [0.3, 0.4) is 0 Å². The SMILES string of the molecule is C=CCN(C)Cc1ccc2c(c1O)C(O)=C1C(=O)C3(O)C(O)=C(C(N)=O)C(=O)C(N(C)C)C3CC1C2. The summed E-state index contributed by atoms with van der Waals surface area (Å²) in [4.78, 5) is 42.3. The molecular formula is C26H31N3O7. The van der Waals surface area contributed by atoms with Gasteiger partial charge in [-0.25, -0.2) is 0 Å². The molecule has 0 bridgehead atoms. The number of rotatable bonds is 6. The molecule has 0 aliphatic heterocycles. The Kier molecular flexibility index (Phi) is 6.32. The molecule has 4 atom stereocenters. The topological polar surface area (TPSA) is 165 Å². The summed E-state index contributed by atoms with van der Waals surface area (Å²) in [6.45, 7) is 4.62. The fraction of sp³-hybridized carbons (Fsp3) is 0.423. The fourth-order valence-electron chi connectivity index (χ4n) is 5.97. The second-order valence-corrected chi connectivity index (χ2v) is 10.1. The Morgan fingerprint density at radius 1 is 1.22 bits per heavy atom.